The standard InChI is InChI=1S/C12H13FN2O/c1-3-5-10-14-11-8(12(16)15(10)2)6-4-7-9(11)13/h4,6-7H,3,5H2,1-2H3. The van der Waals surface area contributed by atoms with Gasteiger partial charge in [0.1, 0.15) is 17.2 Å². The van der Waals surface area contributed by atoms with Crippen LogP contribution >= 0.6 is 0 Å². The smallest absolute Gasteiger partial charge is 0.261 e. The van der Waals surface area contributed by atoms with Gasteiger partial charge in [-0.15, -0.1) is 0 Å². The number of hydrogen-bond donors (Lipinski definition) is 0. The van der Waals surface area contributed by atoms with E-state index in [2.05, 4.69) is 4.98 Å². The second-order valence-electron chi connectivity index (χ2n) is 3.78. The Morgan fingerprint density at radius 1 is 1.44 bits per heavy atom. The molecule has 0 aliphatic rings. The van der Waals surface area contributed by atoms with Crippen LogP contribution in [-0.4, -0.2) is 9.55 Å². The number of nitrogens with zero attached hydrogens (tertiary/aromatic N) is 2. The molecule has 3 nitrogen and oxygen atoms in total. The number of para-hydroxylation sites is 1. The Kier molecular flexibility index (Phi) is 2.73. The molecule has 0 N–H and O–H groups in total. The molecule has 0 aliphatic carbocycles. The second-order valence-corrected chi connectivity index (χ2v) is 3.78. The number of fused-ring (bicyclic) bond motifs is 1. The van der Waals surface area contributed by atoms with E-state index in [0.29, 0.717) is 17.6 Å². The summed E-state index contributed by atoms with van der Waals surface area (Å²) in [7, 11) is 1.67. The van der Waals surface area contributed by atoms with Gasteiger partial charge in [0, 0.05) is 13.5 Å². The van der Waals surface area contributed by atoms with E-state index >= 15 is 0 Å². The molecular formula is C12H13FN2O. The molecule has 0 spiro atoms. The largest absolute Gasteiger partial charge is 0.299 e. The van der Waals surface area contributed by atoms with E-state index in [1.807, 2.05) is 6.92 Å². The summed E-state index contributed by atoms with van der Waals surface area (Å²) in [4.78, 5) is 16.1. The molecule has 0 bridgehead atoms. The van der Waals surface area contributed by atoms with Gasteiger partial charge in [-0.3, -0.25) is 9.36 Å². The van der Waals surface area contributed by atoms with Gasteiger partial charge in [-0.05, 0) is 18.6 Å². The molecule has 2 aromatic rings. The third-order valence-electron chi connectivity index (χ3n) is 2.62. The molecule has 1 aromatic carbocycles. The molecule has 1 aromatic heterocycles. The summed E-state index contributed by atoms with van der Waals surface area (Å²) >= 11 is 0. The predicted octanol–water partition coefficient (Wildman–Crippen LogP) is 2.03. The Labute approximate surface area is 92.5 Å². The van der Waals surface area contributed by atoms with E-state index in [1.54, 1.807) is 13.1 Å². The highest BCUT2D eigenvalue weighted by Crippen LogP contribution is 2.12. The minimum Gasteiger partial charge on any atom is -0.299 e. The van der Waals surface area contributed by atoms with Crippen LogP contribution in [0.15, 0.2) is 23.0 Å². The third-order valence-corrected chi connectivity index (χ3v) is 2.62. The van der Waals surface area contributed by atoms with Crippen LogP contribution in [0.25, 0.3) is 10.9 Å². The normalized spacial score (nSPS) is 10.9. The van der Waals surface area contributed by atoms with Gasteiger partial charge in [-0.1, -0.05) is 13.0 Å². The van der Waals surface area contributed by atoms with Crippen LogP contribution in [0.1, 0.15) is 19.2 Å². The minimum atomic E-state index is -0.437. The quantitative estimate of drug-likeness (QED) is 0.776. The number of rotatable bonds is 2. The number of hydrogen-bond acceptors (Lipinski definition) is 2. The van der Waals surface area contributed by atoms with Gasteiger partial charge in [-0.2, -0.15) is 0 Å². The maximum Gasteiger partial charge on any atom is 0.261 e. The lowest BCUT2D eigenvalue weighted by atomic mass is 10.2. The van der Waals surface area contributed by atoms with Gasteiger partial charge >= 0.3 is 0 Å². The lowest BCUT2D eigenvalue weighted by Gasteiger charge is -2.08. The lowest BCUT2D eigenvalue weighted by molar-refractivity contribution is 0.631. The van der Waals surface area contributed by atoms with Gasteiger partial charge in [0.15, 0.2) is 0 Å². The first-order chi connectivity index (χ1) is 7.65. The Bertz CT molecular complexity index is 589. The molecule has 0 atom stereocenters. The van der Waals surface area contributed by atoms with E-state index in [4.69, 9.17) is 0 Å². The molecule has 16 heavy (non-hydrogen) atoms. The first-order valence-corrected chi connectivity index (χ1v) is 5.29. The average molecular weight is 220 g/mol. The fourth-order valence-corrected chi connectivity index (χ4v) is 1.75. The fourth-order valence-electron chi connectivity index (χ4n) is 1.75. The van der Waals surface area contributed by atoms with Crippen LogP contribution in [0.3, 0.4) is 0 Å². The zero-order valence-corrected chi connectivity index (χ0v) is 9.33. The van der Waals surface area contributed by atoms with Gasteiger partial charge in [0.2, 0.25) is 0 Å². The van der Waals surface area contributed by atoms with Crippen molar-refractivity contribution in [2.75, 3.05) is 0 Å². The molecule has 1 heterocycles. The van der Waals surface area contributed by atoms with Crippen LogP contribution in [0.4, 0.5) is 4.39 Å². The summed E-state index contributed by atoms with van der Waals surface area (Å²) in [6.45, 7) is 2.00. The average Bonchev–Trinajstić information content (AvgIpc) is 2.27. The maximum absolute atomic E-state index is 13.5. The first-order valence-electron chi connectivity index (χ1n) is 5.29. The molecule has 0 radical (unpaired) electrons. The predicted molar refractivity (Wildman–Crippen MR) is 60.9 cm³/mol. The molecule has 0 amide bonds. The van der Waals surface area contributed by atoms with Crippen molar-refractivity contribution >= 4 is 10.9 Å². The summed E-state index contributed by atoms with van der Waals surface area (Å²) in [6.07, 6.45) is 1.55. The Morgan fingerprint density at radius 3 is 2.88 bits per heavy atom. The Morgan fingerprint density at radius 2 is 2.19 bits per heavy atom. The van der Waals surface area contributed by atoms with E-state index in [0.717, 1.165) is 6.42 Å². The van der Waals surface area contributed by atoms with Crippen molar-refractivity contribution in [1.82, 2.24) is 9.55 Å². The summed E-state index contributed by atoms with van der Waals surface area (Å²) < 4.78 is 15.0. The van der Waals surface area contributed by atoms with E-state index in [-0.39, 0.29) is 11.1 Å². The van der Waals surface area contributed by atoms with Gasteiger partial charge < -0.3 is 0 Å². The summed E-state index contributed by atoms with van der Waals surface area (Å²) in [5.74, 6) is 0.192. The molecule has 0 aliphatic heterocycles. The highest BCUT2D eigenvalue weighted by Gasteiger charge is 2.10. The molecule has 84 valence electrons. The Hall–Kier alpha value is -1.71. The highest BCUT2D eigenvalue weighted by molar-refractivity contribution is 5.78. The van der Waals surface area contributed by atoms with E-state index < -0.39 is 5.82 Å². The van der Waals surface area contributed by atoms with Gasteiger partial charge in [-0.25, -0.2) is 9.37 Å². The van der Waals surface area contributed by atoms with Crippen LogP contribution in [0.5, 0.6) is 0 Å². The van der Waals surface area contributed by atoms with Crippen molar-refractivity contribution in [1.29, 1.82) is 0 Å². The topological polar surface area (TPSA) is 34.9 Å². The van der Waals surface area contributed by atoms with Crippen molar-refractivity contribution in [2.45, 2.75) is 19.8 Å². The highest BCUT2D eigenvalue weighted by atomic mass is 19.1. The molecule has 0 saturated heterocycles. The first kappa shape index (κ1) is 10.8. The Balaban J connectivity index is 2.84. The molecule has 0 saturated carbocycles. The van der Waals surface area contributed by atoms with Gasteiger partial charge in [0.05, 0.1) is 5.39 Å². The van der Waals surface area contributed by atoms with Crippen molar-refractivity contribution in [2.24, 2.45) is 7.05 Å². The summed E-state index contributed by atoms with van der Waals surface area (Å²) in [5.41, 5.74) is -0.0120. The molecule has 0 fully saturated rings. The second kappa shape index (κ2) is 4.04. The zero-order chi connectivity index (χ0) is 11.7. The maximum atomic E-state index is 13.5. The van der Waals surface area contributed by atoms with Crippen molar-refractivity contribution in [3.8, 4) is 0 Å². The number of benzene rings is 1. The lowest BCUT2D eigenvalue weighted by Crippen LogP contribution is -2.22. The van der Waals surface area contributed by atoms with Crippen molar-refractivity contribution in [3.05, 3.63) is 40.2 Å². The number of halogens is 1. The molecule has 4 heteroatoms. The van der Waals surface area contributed by atoms with Crippen LogP contribution in [0, 0.1) is 5.82 Å². The summed E-state index contributed by atoms with van der Waals surface area (Å²) in [5, 5.41) is 0.336. The molecule has 0 unspecified atom stereocenters. The van der Waals surface area contributed by atoms with Crippen LogP contribution < -0.4 is 5.56 Å². The van der Waals surface area contributed by atoms with Gasteiger partial charge in [0.25, 0.3) is 5.56 Å². The van der Waals surface area contributed by atoms with Crippen molar-refractivity contribution in [3.63, 3.8) is 0 Å². The van der Waals surface area contributed by atoms with Crippen LogP contribution in [-0.2, 0) is 13.5 Å². The number of aromatic nitrogens is 2. The van der Waals surface area contributed by atoms with E-state index in [1.165, 1.54) is 16.7 Å². The number of aryl methyl sites for hydroxylation is 1. The molecule has 2 rings (SSSR count). The minimum absolute atomic E-state index is 0.175. The zero-order valence-electron chi connectivity index (χ0n) is 9.33. The molecular weight excluding hydrogens is 207 g/mol. The van der Waals surface area contributed by atoms with Crippen LogP contribution in [0.2, 0.25) is 0 Å². The monoisotopic (exact) mass is 220 g/mol. The van der Waals surface area contributed by atoms with Crippen molar-refractivity contribution < 1.29 is 4.39 Å². The third kappa shape index (κ3) is 1.60. The van der Waals surface area contributed by atoms with E-state index in [9.17, 15) is 9.18 Å². The summed E-state index contributed by atoms with van der Waals surface area (Å²) in [6, 6.07) is 4.45. The SMILES string of the molecule is CCCc1nc2c(F)cccc2c(=O)n1C. The fraction of sp³-hybridized carbons (Fsp3) is 0.333.